The number of aromatic nitrogens is 1. The topological polar surface area (TPSA) is 66.6 Å². The lowest BCUT2D eigenvalue weighted by Crippen LogP contribution is -2.55. The number of hydrogen-bond donors (Lipinski definition) is 2. The second-order valence-electron chi connectivity index (χ2n) is 10.0. The zero-order valence-electron chi connectivity index (χ0n) is 19.8. The molecule has 2 fully saturated rings. The van der Waals surface area contributed by atoms with Gasteiger partial charge >= 0.3 is 12.3 Å². The summed E-state index contributed by atoms with van der Waals surface area (Å²) in [7, 11) is 1.40. The van der Waals surface area contributed by atoms with Gasteiger partial charge in [0.15, 0.2) is 0 Å². The van der Waals surface area contributed by atoms with Crippen molar-refractivity contribution in [2.75, 3.05) is 7.11 Å². The third kappa shape index (κ3) is 4.35. The van der Waals surface area contributed by atoms with Gasteiger partial charge in [-0.1, -0.05) is 30.3 Å². The Morgan fingerprint density at radius 1 is 1.03 bits per heavy atom. The number of halogens is 3. The molecular formula is C27H28F3N3O3. The molecule has 2 aromatic carbocycles. The van der Waals surface area contributed by atoms with Gasteiger partial charge in [0, 0.05) is 41.1 Å². The number of aromatic amines is 1. The van der Waals surface area contributed by atoms with Crippen LogP contribution in [0.1, 0.15) is 54.6 Å². The summed E-state index contributed by atoms with van der Waals surface area (Å²) in [6.07, 6.45) is -0.353. The minimum Gasteiger partial charge on any atom is -0.468 e. The van der Waals surface area contributed by atoms with Crippen LogP contribution in [0.4, 0.5) is 13.2 Å². The van der Waals surface area contributed by atoms with Gasteiger partial charge in [-0.05, 0) is 55.0 Å². The van der Waals surface area contributed by atoms with Crippen molar-refractivity contribution in [1.82, 2.24) is 15.2 Å². The summed E-state index contributed by atoms with van der Waals surface area (Å²) in [5, 5.41) is 4.87. The van der Waals surface area contributed by atoms with Crippen molar-refractivity contribution < 1.29 is 27.4 Å². The minimum absolute atomic E-state index is 0.0636. The summed E-state index contributed by atoms with van der Waals surface area (Å²) in [6, 6.07) is 14.2. The third-order valence-corrected chi connectivity index (χ3v) is 7.69. The molecule has 0 bridgehead atoms. The highest BCUT2D eigenvalue weighted by atomic mass is 19.4. The number of carbonyl (C=O) groups excluding carboxylic acids is 1. The standard InChI is InChI=1S/C27H28F3N3O3/c1-35-26(34)24-14-20-19-4-2-3-5-21(19)32-25(20)23-13-17(31-16-8-9-16)12-22(33(23)24)15-6-10-18(11-7-15)36-27(28,29)30/h2-7,10-11,16-17,22-24,31-32H,8-9,12-14H2,1H3/t17-,22+,23-,24+/m1/s1. The summed E-state index contributed by atoms with van der Waals surface area (Å²) in [5.41, 5.74) is 4.14. The smallest absolute Gasteiger partial charge is 0.468 e. The fraction of sp³-hybridized carbons (Fsp3) is 0.444. The molecule has 1 saturated heterocycles. The fourth-order valence-corrected chi connectivity index (χ4v) is 6.08. The van der Waals surface area contributed by atoms with E-state index in [0.717, 1.165) is 53.4 Å². The number of ether oxygens (including phenoxy) is 2. The van der Waals surface area contributed by atoms with Gasteiger partial charge in [0.25, 0.3) is 0 Å². The summed E-state index contributed by atoms with van der Waals surface area (Å²) in [6.45, 7) is 0. The number of methoxy groups -OCH3 is 1. The van der Waals surface area contributed by atoms with Crippen molar-refractivity contribution >= 4 is 16.9 Å². The largest absolute Gasteiger partial charge is 0.573 e. The van der Waals surface area contributed by atoms with Gasteiger partial charge in [-0.15, -0.1) is 13.2 Å². The Hall–Kier alpha value is -3.04. The Kier molecular flexibility index (Phi) is 5.72. The summed E-state index contributed by atoms with van der Waals surface area (Å²) in [5.74, 6) is -0.557. The number of piperidine rings is 1. The number of carbonyl (C=O) groups is 1. The lowest BCUT2D eigenvalue weighted by molar-refractivity contribution is -0.274. The van der Waals surface area contributed by atoms with E-state index < -0.39 is 12.4 Å². The van der Waals surface area contributed by atoms with Gasteiger partial charge < -0.3 is 19.8 Å². The van der Waals surface area contributed by atoms with E-state index in [1.54, 1.807) is 12.1 Å². The number of alkyl halides is 3. The number of benzene rings is 2. The van der Waals surface area contributed by atoms with Crippen molar-refractivity contribution in [1.29, 1.82) is 0 Å². The van der Waals surface area contributed by atoms with E-state index in [4.69, 9.17) is 4.74 Å². The van der Waals surface area contributed by atoms with E-state index in [2.05, 4.69) is 26.0 Å². The molecule has 3 aromatic rings. The number of H-pyrrole nitrogens is 1. The van der Waals surface area contributed by atoms with Gasteiger partial charge in [-0.3, -0.25) is 9.69 Å². The fourth-order valence-electron chi connectivity index (χ4n) is 6.08. The Morgan fingerprint density at radius 2 is 1.75 bits per heavy atom. The highest BCUT2D eigenvalue weighted by Crippen LogP contribution is 2.49. The average Bonchev–Trinajstić information content (AvgIpc) is 3.59. The monoisotopic (exact) mass is 499 g/mol. The zero-order chi connectivity index (χ0) is 25.0. The molecule has 0 spiro atoms. The summed E-state index contributed by atoms with van der Waals surface area (Å²) in [4.78, 5) is 19.0. The molecule has 2 aliphatic heterocycles. The van der Waals surface area contributed by atoms with Crippen molar-refractivity contribution in [3.63, 3.8) is 0 Å². The van der Waals surface area contributed by atoms with Crippen molar-refractivity contribution in [2.24, 2.45) is 0 Å². The van der Waals surface area contributed by atoms with Crippen LogP contribution in [0.2, 0.25) is 0 Å². The first-order valence-electron chi connectivity index (χ1n) is 12.4. The van der Waals surface area contributed by atoms with Gasteiger partial charge in [-0.2, -0.15) is 0 Å². The molecule has 36 heavy (non-hydrogen) atoms. The molecule has 6 rings (SSSR count). The summed E-state index contributed by atoms with van der Waals surface area (Å²) >= 11 is 0. The van der Waals surface area contributed by atoms with E-state index in [-0.39, 0.29) is 29.8 Å². The maximum Gasteiger partial charge on any atom is 0.573 e. The van der Waals surface area contributed by atoms with Gasteiger partial charge in [-0.25, -0.2) is 0 Å². The molecule has 2 N–H and O–H groups in total. The van der Waals surface area contributed by atoms with E-state index in [1.165, 1.54) is 19.2 Å². The Bertz CT molecular complexity index is 1270. The molecule has 0 amide bonds. The average molecular weight is 500 g/mol. The highest BCUT2D eigenvalue weighted by molar-refractivity contribution is 5.87. The highest BCUT2D eigenvalue weighted by Gasteiger charge is 2.48. The molecule has 3 heterocycles. The van der Waals surface area contributed by atoms with Crippen LogP contribution in [0.3, 0.4) is 0 Å². The molecule has 190 valence electrons. The number of rotatable bonds is 5. The summed E-state index contributed by atoms with van der Waals surface area (Å²) < 4.78 is 47.5. The number of hydrogen-bond acceptors (Lipinski definition) is 5. The number of esters is 1. The SMILES string of the molecule is COC(=O)[C@@H]1Cc2c([nH]c3ccccc23)[C@H]2C[C@H](NC3CC3)C[C@@H](c3ccc(OC(F)(F)F)cc3)N21. The second-order valence-corrected chi connectivity index (χ2v) is 10.0. The third-order valence-electron chi connectivity index (χ3n) is 7.69. The first-order valence-corrected chi connectivity index (χ1v) is 12.4. The molecule has 9 heteroatoms. The van der Waals surface area contributed by atoms with Crippen LogP contribution in [-0.2, 0) is 16.0 Å². The predicted octanol–water partition coefficient (Wildman–Crippen LogP) is 5.16. The van der Waals surface area contributed by atoms with Crippen LogP contribution in [-0.4, -0.2) is 47.5 Å². The zero-order valence-corrected chi connectivity index (χ0v) is 19.8. The van der Waals surface area contributed by atoms with Crippen LogP contribution in [0, 0.1) is 0 Å². The molecule has 6 nitrogen and oxygen atoms in total. The number of nitrogens with one attached hydrogen (secondary N) is 2. The predicted molar refractivity (Wildman–Crippen MR) is 127 cm³/mol. The number of nitrogens with zero attached hydrogens (tertiary/aromatic N) is 1. The lowest BCUT2D eigenvalue weighted by Gasteiger charge is -2.50. The molecule has 4 atom stereocenters. The maximum absolute atomic E-state index is 13.1. The van der Waals surface area contributed by atoms with Crippen LogP contribution < -0.4 is 10.1 Å². The van der Waals surface area contributed by atoms with Gasteiger partial charge in [0.1, 0.15) is 11.8 Å². The molecule has 1 aromatic heterocycles. The minimum atomic E-state index is -4.74. The van der Waals surface area contributed by atoms with Gasteiger partial charge in [0.05, 0.1) is 13.2 Å². The molecule has 0 radical (unpaired) electrons. The van der Waals surface area contributed by atoms with E-state index in [1.807, 2.05) is 18.2 Å². The van der Waals surface area contributed by atoms with Gasteiger partial charge in [0.2, 0.25) is 0 Å². The van der Waals surface area contributed by atoms with Crippen molar-refractivity contribution in [3.8, 4) is 5.75 Å². The van der Waals surface area contributed by atoms with E-state index >= 15 is 0 Å². The van der Waals surface area contributed by atoms with Crippen molar-refractivity contribution in [3.05, 3.63) is 65.4 Å². The Balaban J connectivity index is 1.42. The van der Waals surface area contributed by atoms with Crippen LogP contribution in [0.5, 0.6) is 5.75 Å². The Labute approximate surface area is 206 Å². The van der Waals surface area contributed by atoms with Crippen LogP contribution in [0.25, 0.3) is 10.9 Å². The number of para-hydroxylation sites is 1. The molecule has 1 aliphatic carbocycles. The van der Waals surface area contributed by atoms with E-state index in [0.29, 0.717) is 12.5 Å². The number of fused-ring (bicyclic) bond motifs is 5. The first-order chi connectivity index (χ1) is 17.3. The van der Waals surface area contributed by atoms with Crippen LogP contribution in [0.15, 0.2) is 48.5 Å². The van der Waals surface area contributed by atoms with E-state index in [9.17, 15) is 18.0 Å². The Morgan fingerprint density at radius 3 is 2.44 bits per heavy atom. The lowest BCUT2D eigenvalue weighted by atomic mass is 9.79. The molecule has 3 aliphatic rings. The van der Waals surface area contributed by atoms with Crippen LogP contribution >= 0.6 is 0 Å². The molecular weight excluding hydrogens is 471 g/mol. The quantitative estimate of drug-likeness (QED) is 0.475. The normalized spacial score (nSPS) is 26.3. The van der Waals surface area contributed by atoms with Crippen molar-refractivity contribution in [2.45, 2.75) is 68.7 Å². The first kappa shape index (κ1) is 23.4. The molecule has 0 unspecified atom stereocenters. The molecule has 1 saturated carbocycles. The maximum atomic E-state index is 13.1. The second kappa shape index (κ2) is 8.81.